The van der Waals surface area contributed by atoms with Crippen molar-refractivity contribution in [2.45, 2.75) is 31.6 Å². The molecular formula is C24H22FN5O5S. The van der Waals surface area contributed by atoms with Crippen LogP contribution < -0.4 is 21.9 Å². The second kappa shape index (κ2) is 10.2. The van der Waals surface area contributed by atoms with Crippen LogP contribution in [0.2, 0.25) is 0 Å². The van der Waals surface area contributed by atoms with E-state index in [4.69, 9.17) is 0 Å². The Hall–Kier alpha value is -4.19. The summed E-state index contributed by atoms with van der Waals surface area (Å²) in [5, 5.41) is 15.0. The average Bonchev–Trinajstić information content (AvgIpc) is 3.13. The molecule has 0 bridgehead atoms. The Labute approximate surface area is 208 Å². The number of rotatable bonds is 6. The lowest BCUT2D eigenvalue weighted by Gasteiger charge is -2.14. The lowest BCUT2D eigenvalue weighted by Crippen LogP contribution is -2.29. The highest BCUT2D eigenvalue weighted by Crippen LogP contribution is 2.32. The van der Waals surface area contributed by atoms with Gasteiger partial charge in [-0.25, -0.2) is 14.2 Å². The number of hydrogen-bond donors (Lipinski definition) is 5. The first-order valence-corrected chi connectivity index (χ1v) is 11.7. The topological polar surface area (TPSA) is 157 Å². The van der Waals surface area contributed by atoms with Crippen molar-refractivity contribution in [3.8, 4) is 5.88 Å². The van der Waals surface area contributed by atoms with Crippen LogP contribution in [0.25, 0.3) is 0 Å². The molecule has 2 amide bonds. The Bertz CT molecular complexity index is 1480. The number of aliphatic imine (C=N–C) groups is 1. The highest BCUT2D eigenvalue weighted by atomic mass is 32.2. The van der Waals surface area contributed by atoms with Crippen molar-refractivity contribution in [2.24, 2.45) is 4.99 Å². The molecule has 2 aromatic carbocycles. The van der Waals surface area contributed by atoms with Crippen molar-refractivity contribution in [1.82, 2.24) is 15.3 Å². The molecule has 1 aliphatic rings. The molecule has 0 radical (unpaired) electrons. The number of thioether (sulfide) groups is 1. The number of halogens is 1. The zero-order valence-electron chi connectivity index (χ0n) is 19.2. The van der Waals surface area contributed by atoms with Crippen molar-refractivity contribution in [3.63, 3.8) is 0 Å². The molecule has 1 aromatic heterocycles. The molecular weight excluding hydrogens is 489 g/mol. The zero-order chi connectivity index (χ0) is 26.0. The predicted octanol–water partition coefficient (Wildman–Crippen LogP) is 2.23. The lowest BCUT2D eigenvalue weighted by atomic mass is 10.0. The van der Waals surface area contributed by atoms with Gasteiger partial charge in [-0.2, -0.15) is 0 Å². The van der Waals surface area contributed by atoms with Gasteiger partial charge in [-0.05, 0) is 43.2 Å². The number of amides is 2. The number of nitrogens with one attached hydrogen (secondary N) is 4. The summed E-state index contributed by atoms with van der Waals surface area (Å²) in [5.74, 6) is -2.04. The Kier molecular flexibility index (Phi) is 7.06. The molecule has 1 fully saturated rings. The van der Waals surface area contributed by atoms with Crippen LogP contribution in [0.3, 0.4) is 0 Å². The number of anilines is 1. The fraction of sp³-hybridized carbons (Fsp3) is 0.208. The van der Waals surface area contributed by atoms with Crippen LogP contribution in [0.5, 0.6) is 5.88 Å². The summed E-state index contributed by atoms with van der Waals surface area (Å²) in [6, 6.07) is 9.44. The maximum absolute atomic E-state index is 13.5. The summed E-state index contributed by atoms with van der Waals surface area (Å²) < 4.78 is 13.5. The van der Waals surface area contributed by atoms with Gasteiger partial charge >= 0.3 is 5.69 Å². The quantitative estimate of drug-likeness (QED) is 0.342. The van der Waals surface area contributed by atoms with Gasteiger partial charge in [-0.1, -0.05) is 41.6 Å². The van der Waals surface area contributed by atoms with Gasteiger partial charge < -0.3 is 15.7 Å². The van der Waals surface area contributed by atoms with E-state index >= 15 is 0 Å². The van der Waals surface area contributed by atoms with Gasteiger partial charge in [0.25, 0.3) is 5.56 Å². The van der Waals surface area contributed by atoms with E-state index in [-0.39, 0.29) is 23.1 Å². The second-order valence-corrected chi connectivity index (χ2v) is 9.42. The summed E-state index contributed by atoms with van der Waals surface area (Å²) in [7, 11) is 0. The maximum Gasteiger partial charge on any atom is 0.328 e. The Morgan fingerprint density at radius 2 is 1.86 bits per heavy atom. The second-order valence-electron chi connectivity index (χ2n) is 8.23. The van der Waals surface area contributed by atoms with E-state index in [2.05, 4.69) is 20.6 Å². The zero-order valence-corrected chi connectivity index (χ0v) is 20.0. The van der Waals surface area contributed by atoms with Crippen LogP contribution in [-0.2, 0) is 9.59 Å². The van der Waals surface area contributed by atoms with Crippen LogP contribution >= 0.6 is 11.8 Å². The number of H-pyrrole nitrogens is 2. The molecule has 10 nitrogen and oxygen atoms in total. The van der Waals surface area contributed by atoms with Crippen molar-refractivity contribution in [2.75, 3.05) is 5.32 Å². The third-order valence-corrected chi connectivity index (χ3v) is 6.56. The number of hydrogen-bond acceptors (Lipinski definition) is 7. The number of benzene rings is 2. The average molecular weight is 512 g/mol. The number of carbonyl (C=O) groups excluding carboxylic acids is 2. The van der Waals surface area contributed by atoms with E-state index in [1.165, 1.54) is 12.1 Å². The standard InChI is InChI=1S/C24H22FN5O5S/c1-11-3-8-15(12(2)9-11)26-17(31)10-16-20(32)30-24(36-16)27-19(13-4-6-14(25)7-5-13)18-21(33)28-23(35)29-22(18)34/h3-9,16,19H,10H2,1-2H3,(H,26,31)(H,27,30,32)(H3,28,29,33,34,35)/t16-,19-/m0/s1. The van der Waals surface area contributed by atoms with E-state index < -0.39 is 40.1 Å². The van der Waals surface area contributed by atoms with Gasteiger partial charge in [0.1, 0.15) is 22.7 Å². The van der Waals surface area contributed by atoms with E-state index in [0.717, 1.165) is 35.0 Å². The van der Waals surface area contributed by atoms with Crippen molar-refractivity contribution in [3.05, 3.63) is 91.4 Å². The summed E-state index contributed by atoms with van der Waals surface area (Å²) in [6.45, 7) is 3.81. The fourth-order valence-corrected chi connectivity index (χ4v) is 4.73. The maximum atomic E-state index is 13.5. The molecule has 186 valence electrons. The normalized spacial score (nSPS) is 17.1. The van der Waals surface area contributed by atoms with Gasteiger partial charge in [-0.3, -0.25) is 24.4 Å². The first-order chi connectivity index (χ1) is 17.1. The van der Waals surface area contributed by atoms with Crippen LogP contribution in [0.1, 0.15) is 34.7 Å². The number of aryl methyl sites for hydroxylation is 2. The predicted molar refractivity (Wildman–Crippen MR) is 134 cm³/mol. The molecule has 1 saturated heterocycles. The summed E-state index contributed by atoms with van der Waals surface area (Å²) in [4.78, 5) is 57.7. The summed E-state index contributed by atoms with van der Waals surface area (Å²) in [5.41, 5.74) is 0.815. The third-order valence-electron chi connectivity index (χ3n) is 5.47. The van der Waals surface area contributed by atoms with Crippen LogP contribution in [0, 0.1) is 19.7 Å². The summed E-state index contributed by atoms with van der Waals surface area (Å²) in [6.07, 6.45) is -0.130. The van der Waals surface area contributed by atoms with Gasteiger partial charge in [0, 0.05) is 12.1 Å². The van der Waals surface area contributed by atoms with Gasteiger partial charge in [0.15, 0.2) is 5.17 Å². The molecule has 0 saturated carbocycles. The summed E-state index contributed by atoms with van der Waals surface area (Å²) >= 11 is 0.989. The number of amidine groups is 1. The third kappa shape index (κ3) is 5.54. The van der Waals surface area contributed by atoms with E-state index in [1.54, 1.807) is 6.07 Å². The molecule has 36 heavy (non-hydrogen) atoms. The molecule has 0 unspecified atom stereocenters. The number of aromatic amines is 2. The van der Waals surface area contributed by atoms with Crippen molar-refractivity contribution < 1.29 is 19.1 Å². The SMILES string of the molecule is Cc1ccc(NC(=O)C[C@@H]2SC(=N[C@@H](c3ccc(F)cc3)c3c(O)[nH]c(=O)[nH]c3=O)NC2=O)c(C)c1. The molecule has 2 atom stereocenters. The van der Waals surface area contributed by atoms with Gasteiger partial charge in [0.2, 0.25) is 17.7 Å². The monoisotopic (exact) mass is 511 g/mol. The number of carbonyl (C=O) groups is 2. The highest BCUT2D eigenvalue weighted by Gasteiger charge is 2.34. The smallest absolute Gasteiger partial charge is 0.328 e. The number of aromatic nitrogens is 2. The van der Waals surface area contributed by atoms with E-state index in [9.17, 15) is 28.7 Å². The van der Waals surface area contributed by atoms with Crippen molar-refractivity contribution >= 4 is 34.4 Å². The first kappa shape index (κ1) is 24.9. The number of aromatic hydroxyl groups is 1. The Balaban J connectivity index is 1.58. The molecule has 2 heterocycles. The largest absolute Gasteiger partial charge is 0.494 e. The molecule has 1 aliphatic heterocycles. The van der Waals surface area contributed by atoms with Gasteiger partial charge in [-0.15, -0.1) is 0 Å². The highest BCUT2D eigenvalue weighted by molar-refractivity contribution is 8.15. The van der Waals surface area contributed by atoms with E-state index in [1.807, 2.05) is 31.0 Å². The number of nitrogens with zero attached hydrogens (tertiary/aromatic N) is 1. The molecule has 0 aliphatic carbocycles. The van der Waals surface area contributed by atoms with Crippen molar-refractivity contribution in [1.29, 1.82) is 0 Å². The molecule has 3 aromatic rings. The molecule has 12 heteroatoms. The molecule has 0 spiro atoms. The minimum Gasteiger partial charge on any atom is -0.494 e. The van der Waals surface area contributed by atoms with Crippen LogP contribution in [-0.4, -0.2) is 37.3 Å². The van der Waals surface area contributed by atoms with Gasteiger partial charge in [0.05, 0.1) is 0 Å². The lowest BCUT2D eigenvalue weighted by molar-refractivity contribution is -0.122. The molecule has 5 N–H and O–H groups in total. The Morgan fingerprint density at radius 3 is 2.53 bits per heavy atom. The minimum atomic E-state index is -1.18. The minimum absolute atomic E-state index is 0.101. The van der Waals surface area contributed by atoms with Crippen LogP contribution in [0.15, 0.2) is 57.0 Å². The Morgan fingerprint density at radius 1 is 1.14 bits per heavy atom. The molecule has 4 rings (SSSR count). The fourth-order valence-electron chi connectivity index (χ4n) is 3.73. The van der Waals surface area contributed by atoms with Crippen LogP contribution in [0.4, 0.5) is 10.1 Å². The first-order valence-electron chi connectivity index (χ1n) is 10.8. The van der Waals surface area contributed by atoms with E-state index in [0.29, 0.717) is 11.3 Å².